The van der Waals surface area contributed by atoms with E-state index in [4.69, 9.17) is 9.84 Å². The number of hydrogen-bond acceptors (Lipinski definition) is 4. The summed E-state index contributed by atoms with van der Waals surface area (Å²) in [6, 6.07) is -1.43. The number of nitrogens with zero attached hydrogens (tertiary/aromatic N) is 1. The summed E-state index contributed by atoms with van der Waals surface area (Å²) in [5, 5.41) is 13.3. The van der Waals surface area contributed by atoms with Crippen LogP contribution < -0.4 is 10.7 Å². The zero-order valence-electron chi connectivity index (χ0n) is 11.0. The van der Waals surface area contributed by atoms with Gasteiger partial charge in [-0.05, 0) is 5.41 Å². The first-order chi connectivity index (χ1) is 8.30. The van der Waals surface area contributed by atoms with Crippen LogP contribution in [0.5, 0.6) is 0 Å². The van der Waals surface area contributed by atoms with Crippen molar-refractivity contribution in [2.75, 3.05) is 26.3 Å². The zero-order valence-corrected chi connectivity index (χ0v) is 11.0. The van der Waals surface area contributed by atoms with E-state index in [9.17, 15) is 9.59 Å². The molecule has 0 saturated carbocycles. The molecule has 1 unspecified atom stereocenters. The van der Waals surface area contributed by atoms with Crippen LogP contribution in [0.15, 0.2) is 0 Å². The van der Waals surface area contributed by atoms with Crippen molar-refractivity contribution >= 4 is 12.0 Å². The molecule has 0 aromatic rings. The molecule has 0 radical (unpaired) electrons. The number of nitrogens with one attached hydrogen (secondary N) is 2. The second-order valence-electron chi connectivity index (χ2n) is 5.32. The van der Waals surface area contributed by atoms with E-state index in [0.29, 0.717) is 26.3 Å². The van der Waals surface area contributed by atoms with Crippen molar-refractivity contribution in [2.24, 2.45) is 5.41 Å². The van der Waals surface area contributed by atoms with Crippen molar-refractivity contribution in [2.45, 2.75) is 26.8 Å². The molecule has 2 amide bonds. The minimum absolute atomic E-state index is 0.501. The van der Waals surface area contributed by atoms with Crippen LogP contribution in [0.25, 0.3) is 0 Å². The minimum atomic E-state index is -1.04. The van der Waals surface area contributed by atoms with E-state index < -0.39 is 23.5 Å². The van der Waals surface area contributed by atoms with Crippen molar-refractivity contribution in [3.05, 3.63) is 0 Å². The molecule has 3 N–H and O–H groups in total. The largest absolute Gasteiger partial charge is 0.480 e. The highest BCUT2D eigenvalue weighted by molar-refractivity contribution is 5.82. The van der Waals surface area contributed by atoms with Crippen molar-refractivity contribution in [1.29, 1.82) is 0 Å². The Morgan fingerprint density at radius 1 is 1.28 bits per heavy atom. The molecule has 0 spiro atoms. The van der Waals surface area contributed by atoms with Crippen LogP contribution in [0, 0.1) is 5.41 Å². The third kappa shape index (κ3) is 4.50. The SMILES string of the molecule is CC(C)(C)C(NC(=O)NN1CCOCC1)C(=O)O. The van der Waals surface area contributed by atoms with Gasteiger partial charge in [-0.3, -0.25) is 5.43 Å². The number of carboxylic acid groups (broad SMARTS) is 1. The lowest BCUT2D eigenvalue weighted by Gasteiger charge is -2.31. The maximum Gasteiger partial charge on any atom is 0.330 e. The van der Waals surface area contributed by atoms with Crippen LogP contribution in [-0.2, 0) is 9.53 Å². The lowest BCUT2D eigenvalue weighted by Crippen LogP contribution is -2.57. The number of amides is 2. The highest BCUT2D eigenvalue weighted by Crippen LogP contribution is 2.19. The summed E-state index contributed by atoms with van der Waals surface area (Å²) >= 11 is 0. The van der Waals surface area contributed by atoms with E-state index in [-0.39, 0.29) is 0 Å². The molecule has 1 aliphatic rings. The summed E-state index contributed by atoms with van der Waals surface area (Å²) < 4.78 is 5.15. The number of hydrogen-bond donors (Lipinski definition) is 3. The second kappa shape index (κ2) is 6.01. The molecule has 0 aromatic heterocycles. The summed E-state index contributed by atoms with van der Waals surface area (Å²) in [6.45, 7) is 7.60. The van der Waals surface area contributed by atoms with E-state index in [1.54, 1.807) is 25.8 Å². The molecule has 104 valence electrons. The fourth-order valence-corrected chi connectivity index (χ4v) is 1.63. The first-order valence-corrected chi connectivity index (χ1v) is 5.93. The average Bonchev–Trinajstić information content (AvgIpc) is 2.25. The monoisotopic (exact) mass is 259 g/mol. The number of rotatable bonds is 3. The quantitative estimate of drug-likeness (QED) is 0.665. The van der Waals surface area contributed by atoms with E-state index >= 15 is 0 Å². The maximum absolute atomic E-state index is 11.7. The predicted molar refractivity (Wildman–Crippen MR) is 64.9 cm³/mol. The Morgan fingerprint density at radius 2 is 1.83 bits per heavy atom. The maximum atomic E-state index is 11.7. The Balaban J connectivity index is 2.48. The summed E-state index contributed by atoms with van der Waals surface area (Å²) in [5.41, 5.74) is 2.07. The van der Waals surface area contributed by atoms with Crippen LogP contribution in [0.1, 0.15) is 20.8 Å². The van der Waals surface area contributed by atoms with Gasteiger partial charge in [0.2, 0.25) is 0 Å². The number of urea groups is 1. The summed E-state index contributed by atoms with van der Waals surface area (Å²) in [7, 11) is 0. The molecule has 1 heterocycles. The molecule has 18 heavy (non-hydrogen) atoms. The Kier molecular flexibility index (Phi) is 4.92. The molecule has 0 bridgehead atoms. The highest BCUT2D eigenvalue weighted by atomic mass is 16.5. The van der Waals surface area contributed by atoms with Gasteiger partial charge in [0.25, 0.3) is 0 Å². The Morgan fingerprint density at radius 3 is 2.28 bits per heavy atom. The number of carboxylic acids is 1. The summed E-state index contributed by atoms with van der Waals surface area (Å²) in [6.07, 6.45) is 0. The van der Waals surface area contributed by atoms with Gasteiger partial charge in [-0.1, -0.05) is 20.8 Å². The van der Waals surface area contributed by atoms with E-state index in [1.165, 1.54) is 0 Å². The number of ether oxygens (including phenoxy) is 1. The lowest BCUT2D eigenvalue weighted by molar-refractivity contribution is -0.141. The molecule has 0 aromatic carbocycles. The number of aliphatic carboxylic acids is 1. The fraction of sp³-hybridized carbons (Fsp3) is 0.818. The first kappa shape index (κ1) is 14.7. The molecule has 1 atom stereocenters. The van der Waals surface area contributed by atoms with Crippen molar-refractivity contribution in [1.82, 2.24) is 15.8 Å². The Labute approximate surface area is 106 Å². The topological polar surface area (TPSA) is 90.9 Å². The van der Waals surface area contributed by atoms with E-state index in [0.717, 1.165) is 0 Å². The lowest BCUT2D eigenvalue weighted by atomic mass is 9.87. The molecule has 7 heteroatoms. The van der Waals surface area contributed by atoms with Gasteiger partial charge >= 0.3 is 12.0 Å². The number of morpholine rings is 1. The van der Waals surface area contributed by atoms with E-state index in [2.05, 4.69) is 10.7 Å². The summed E-state index contributed by atoms with van der Waals surface area (Å²) in [5.74, 6) is -1.04. The molecule has 1 saturated heterocycles. The number of carbonyl (C=O) groups is 2. The second-order valence-corrected chi connectivity index (χ2v) is 5.32. The normalized spacial score (nSPS) is 19.1. The molecule has 0 aliphatic carbocycles. The van der Waals surface area contributed by atoms with Crippen molar-refractivity contribution in [3.63, 3.8) is 0 Å². The highest BCUT2D eigenvalue weighted by Gasteiger charge is 2.32. The van der Waals surface area contributed by atoms with Gasteiger partial charge in [0, 0.05) is 13.1 Å². The minimum Gasteiger partial charge on any atom is -0.480 e. The van der Waals surface area contributed by atoms with Crippen LogP contribution in [0.2, 0.25) is 0 Å². The van der Waals surface area contributed by atoms with Gasteiger partial charge in [-0.15, -0.1) is 0 Å². The fourth-order valence-electron chi connectivity index (χ4n) is 1.63. The smallest absolute Gasteiger partial charge is 0.330 e. The molecule has 1 rings (SSSR count). The third-order valence-corrected chi connectivity index (χ3v) is 2.66. The summed E-state index contributed by atoms with van der Waals surface area (Å²) in [4.78, 5) is 22.8. The Bertz CT molecular complexity index is 308. The molecule has 7 nitrogen and oxygen atoms in total. The van der Waals surface area contributed by atoms with Gasteiger partial charge in [-0.25, -0.2) is 14.6 Å². The molecule has 1 fully saturated rings. The van der Waals surface area contributed by atoms with Gasteiger partial charge in [0.1, 0.15) is 6.04 Å². The van der Waals surface area contributed by atoms with Crippen molar-refractivity contribution < 1.29 is 19.4 Å². The predicted octanol–water partition coefficient (Wildman–Crippen LogP) is 0.0321. The van der Waals surface area contributed by atoms with Crippen LogP contribution >= 0.6 is 0 Å². The average molecular weight is 259 g/mol. The van der Waals surface area contributed by atoms with Crippen LogP contribution in [0.4, 0.5) is 4.79 Å². The molecular weight excluding hydrogens is 238 g/mol. The van der Waals surface area contributed by atoms with Crippen LogP contribution in [0.3, 0.4) is 0 Å². The zero-order chi connectivity index (χ0) is 13.8. The number of hydrazine groups is 1. The third-order valence-electron chi connectivity index (χ3n) is 2.66. The Hall–Kier alpha value is -1.34. The molecule has 1 aliphatic heterocycles. The first-order valence-electron chi connectivity index (χ1n) is 5.93. The van der Waals surface area contributed by atoms with Gasteiger partial charge < -0.3 is 15.2 Å². The number of carbonyl (C=O) groups excluding carboxylic acids is 1. The van der Waals surface area contributed by atoms with Crippen molar-refractivity contribution in [3.8, 4) is 0 Å². The van der Waals surface area contributed by atoms with Gasteiger partial charge in [0.05, 0.1) is 13.2 Å². The van der Waals surface area contributed by atoms with Gasteiger partial charge in [-0.2, -0.15) is 0 Å². The molecular formula is C11H21N3O4. The van der Waals surface area contributed by atoms with E-state index in [1.807, 2.05) is 0 Å². The standard InChI is InChI=1S/C11H21N3O4/c1-11(2,3)8(9(15)16)12-10(17)13-14-4-6-18-7-5-14/h8H,4-7H2,1-3H3,(H,15,16)(H2,12,13,17). The van der Waals surface area contributed by atoms with Crippen LogP contribution in [-0.4, -0.2) is 54.5 Å². The van der Waals surface area contributed by atoms with Gasteiger partial charge in [0.15, 0.2) is 0 Å².